The molecule has 0 radical (unpaired) electrons. The molecule has 0 unspecified atom stereocenters. The molecule has 0 heterocycles. The van der Waals surface area contributed by atoms with Gasteiger partial charge < -0.3 is 4.74 Å². The van der Waals surface area contributed by atoms with Crippen molar-refractivity contribution in [2.24, 2.45) is 17.8 Å². The highest BCUT2D eigenvalue weighted by molar-refractivity contribution is 7.99. The van der Waals surface area contributed by atoms with Gasteiger partial charge in [0.1, 0.15) is 17.5 Å². The summed E-state index contributed by atoms with van der Waals surface area (Å²) in [6, 6.07) is 3.68. The molecule has 260 valence electrons. The highest BCUT2D eigenvalue weighted by atomic mass is 32.2. The largest absolute Gasteiger partial charge is 0.358 e. The van der Waals surface area contributed by atoms with E-state index in [0.29, 0.717) is 36.0 Å². The van der Waals surface area contributed by atoms with Gasteiger partial charge in [0.15, 0.2) is 23.3 Å². The Bertz CT molecular complexity index is 1360. The van der Waals surface area contributed by atoms with Crippen molar-refractivity contribution in [1.82, 2.24) is 0 Å². The summed E-state index contributed by atoms with van der Waals surface area (Å²) < 4.78 is 135. The highest BCUT2D eigenvalue weighted by Crippen LogP contribution is 2.47. The summed E-state index contributed by atoms with van der Waals surface area (Å²) in [4.78, 5) is 0. The van der Waals surface area contributed by atoms with Crippen LogP contribution in [0.15, 0.2) is 30.1 Å². The van der Waals surface area contributed by atoms with E-state index in [4.69, 9.17) is 4.74 Å². The maximum Gasteiger partial charge on any atom is 0.358 e. The lowest BCUT2D eigenvalue weighted by molar-refractivity contribution is -0.301. The van der Waals surface area contributed by atoms with Crippen LogP contribution < -0.4 is 0 Å². The molecule has 3 fully saturated rings. The average Bonchev–Trinajstić information content (AvgIpc) is 3.05. The number of benzene rings is 2. The third-order valence-electron chi connectivity index (χ3n) is 10.6. The molecule has 0 saturated heterocycles. The number of rotatable bonds is 10. The molecule has 0 atom stereocenters. The number of hydrogen-bond donors (Lipinski definition) is 0. The normalized spacial score (nSPS) is 27.9. The van der Waals surface area contributed by atoms with E-state index in [1.54, 1.807) is 6.92 Å². The van der Waals surface area contributed by atoms with E-state index < -0.39 is 70.4 Å². The van der Waals surface area contributed by atoms with E-state index in [2.05, 4.69) is 0 Å². The molecular weight excluding hydrogens is 651 g/mol. The second-order valence-corrected chi connectivity index (χ2v) is 14.7. The van der Waals surface area contributed by atoms with Gasteiger partial charge in [0.25, 0.3) is 0 Å². The number of alkyl halides is 2. The van der Waals surface area contributed by atoms with Crippen LogP contribution >= 0.6 is 11.8 Å². The molecule has 0 aliphatic heterocycles. The molecule has 5 rings (SSSR count). The van der Waals surface area contributed by atoms with Crippen molar-refractivity contribution < 1.29 is 44.3 Å². The zero-order valence-electron chi connectivity index (χ0n) is 26.4. The van der Waals surface area contributed by atoms with Gasteiger partial charge in [-0.15, -0.1) is 0 Å². The van der Waals surface area contributed by atoms with Crippen molar-refractivity contribution in [3.05, 3.63) is 75.9 Å². The van der Waals surface area contributed by atoms with Gasteiger partial charge in [-0.1, -0.05) is 6.92 Å². The molecule has 0 amide bonds. The Labute approximate surface area is 274 Å². The highest BCUT2D eigenvalue weighted by Gasteiger charge is 2.46. The zero-order valence-corrected chi connectivity index (χ0v) is 27.2. The van der Waals surface area contributed by atoms with Crippen LogP contribution in [0.4, 0.5) is 39.5 Å². The van der Waals surface area contributed by atoms with Gasteiger partial charge in [-0.3, -0.25) is 0 Å². The van der Waals surface area contributed by atoms with Gasteiger partial charge in [-0.05, 0) is 136 Å². The first kappa shape index (κ1) is 36.1. The lowest BCUT2D eigenvalue weighted by atomic mass is 9.69. The summed E-state index contributed by atoms with van der Waals surface area (Å²) in [7, 11) is 0. The predicted molar refractivity (Wildman–Crippen MR) is 166 cm³/mol. The van der Waals surface area contributed by atoms with Gasteiger partial charge in [0, 0.05) is 16.9 Å². The standard InChI is InChI=1S/C36H41F9OS/c1-2-47-19-32(41)34(42)25-17-28(37)33(29(38)18-25)23-7-11-26(12-8-23)36(44,45)46-27-13-9-21(10-14-27)20-3-5-22(6-4-20)24-15-30(39)35(43)31(40)16-24/h15-18,20-23,26-27H,2-14,19H2,1H3/b34-32+. The van der Waals surface area contributed by atoms with Crippen LogP contribution in [0.25, 0.3) is 5.83 Å². The molecule has 2 aromatic rings. The van der Waals surface area contributed by atoms with E-state index in [0.717, 1.165) is 74.6 Å². The quantitative estimate of drug-likeness (QED) is 0.181. The van der Waals surface area contributed by atoms with E-state index in [1.807, 2.05) is 0 Å². The number of hydrogen-bond acceptors (Lipinski definition) is 2. The van der Waals surface area contributed by atoms with Crippen LogP contribution in [0.3, 0.4) is 0 Å². The Morgan fingerprint density at radius 2 is 1.21 bits per heavy atom. The van der Waals surface area contributed by atoms with Crippen molar-refractivity contribution in [2.45, 2.75) is 108 Å². The Morgan fingerprint density at radius 1 is 0.702 bits per heavy atom. The first-order valence-corrected chi connectivity index (χ1v) is 17.8. The van der Waals surface area contributed by atoms with Gasteiger partial charge in [-0.2, -0.15) is 20.5 Å². The Kier molecular flexibility index (Phi) is 12.0. The fraction of sp³-hybridized carbons (Fsp3) is 0.611. The molecule has 0 N–H and O–H groups in total. The van der Waals surface area contributed by atoms with Crippen molar-refractivity contribution in [3.8, 4) is 0 Å². The van der Waals surface area contributed by atoms with Crippen molar-refractivity contribution in [1.29, 1.82) is 0 Å². The average molecular weight is 693 g/mol. The molecule has 11 heteroatoms. The smallest absolute Gasteiger partial charge is 0.317 e. The Morgan fingerprint density at radius 3 is 1.74 bits per heavy atom. The van der Waals surface area contributed by atoms with Crippen LogP contribution in [0.2, 0.25) is 0 Å². The minimum absolute atomic E-state index is 0.00979. The van der Waals surface area contributed by atoms with E-state index >= 15 is 8.78 Å². The SMILES string of the molecule is CCSC/C(F)=C(\F)c1cc(F)c(C2CCC(C(F)(F)OC3CCC(C4CCC(c5cc(F)c(F)c(F)c5)CC4)CC3)CC2)c(F)c1. The molecule has 0 spiro atoms. The van der Waals surface area contributed by atoms with E-state index in [9.17, 15) is 30.7 Å². The van der Waals surface area contributed by atoms with Crippen LogP contribution in [0.5, 0.6) is 0 Å². The topological polar surface area (TPSA) is 9.23 Å². The zero-order chi connectivity index (χ0) is 33.9. The minimum Gasteiger partial charge on any atom is -0.317 e. The second-order valence-electron chi connectivity index (χ2n) is 13.4. The molecule has 1 nitrogen and oxygen atoms in total. The molecule has 2 aromatic carbocycles. The van der Waals surface area contributed by atoms with Crippen LogP contribution in [0, 0.1) is 46.8 Å². The molecule has 47 heavy (non-hydrogen) atoms. The van der Waals surface area contributed by atoms with Gasteiger partial charge in [0.05, 0.1) is 12.0 Å². The number of thioether (sulfide) groups is 1. The first-order chi connectivity index (χ1) is 22.4. The van der Waals surface area contributed by atoms with E-state index in [1.165, 1.54) is 0 Å². The Hall–Kier alpha value is -2.14. The number of halogens is 9. The molecule has 3 aliphatic carbocycles. The Balaban J connectivity index is 1.09. The summed E-state index contributed by atoms with van der Waals surface area (Å²) in [6.45, 7) is 1.77. The van der Waals surface area contributed by atoms with Crippen molar-refractivity contribution in [2.75, 3.05) is 11.5 Å². The lowest BCUT2D eigenvalue weighted by Crippen LogP contribution is -2.39. The van der Waals surface area contributed by atoms with Crippen molar-refractivity contribution in [3.63, 3.8) is 0 Å². The summed E-state index contributed by atoms with van der Waals surface area (Å²) in [5, 5.41) is 0. The minimum atomic E-state index is -3.39. The van der Waals surface area contributed by atoms with Crippen LogP contribution in [-0.2, 0) is 4.74 Å². The maximum atomic E-state index is 15.3. The molecule has 3 aliphatic rings. The van der Waals surface area contributed by atoms with E-state index in [-0.39, 0.29) is 42.9 Å². The molecule has 3 saturated carbocycles. The lowest BCUT2D eigenvalue weighted by Gasteiger charge is -2.40. The van der Waals surface area contributed by atoms with Crippen molar-refractivity contribution >= 4 is 17.6 Å². The maximum absolute atomic E-state index is 15.3. The summed E-state index contributed by atoms with van der Waals surface area (Å²) >= 11 is 1.13. The predicted octanol–water partition coefficient (Wildman–Crippen LogP) is 12.2. The van der Waals surface area contributed by atoms with Crippen LogP contribution in [-0.4, -0.2) is 23.7 Å². The third-order valence-corrected chi connectivity index (χ3v) is 11.4. The van der Waals surface area contributed by atoms with Gasteiger partial charge in [-0.25, -0.2) is 30.7 Å². The summed E-state index contributed by atoms with van der Waals surface area (Å²) in [5.74, 6) is -9.00. The monoisotopic (exact) mass is 692 g/mol. The summed E-state index contributed by atoms with van der Waals surface area (Å²) in [6.07, 6.45) is 1.91. The fourth-order valence-corrected chi connectivity index (χ4v) is 8.47. The number of ether oxygens (including phenoxy) is 1. The first-order valence-electron chi connectivity index (χ1n) is 16.7. The third kappa shape index (κ3) is 8.54. The molecule has 0 bridgehead atoms. The fourth-order valence-electron chi connectivity index (χ4n) is 7.96. The molecule has 0 aromatic heterocycles. The second kappa shape index (κ2) is 15.6. The molecular formula is C36H41F9OS. The van der Waals surface area contributed by atoms with Gasteiger partial charge >= 0.3 is 6.11 Å². The summed E-state index contributed by atoms with van der Waals surface area (Å²) in [5.41, 5.74) is -0.331. The van der Waals surface area contributed by atoms with Crippen LogP contribution in [0.1, 0.15) is 112 Å². The van der Waals surface area contributed by atoms with Gasteiger partial charge in [0.2, 0.25) is 0 Å².